The number of rotatable bonds is 3. The van der Waals surface area contributed by atoms with Crippen LogP contribution in [0, 0.1) is 6.92 Å². The quantitative estimate of drug-likeness (QED) is 0.434. The van der Waals surface area contributed by atoms with E-state index in [0.29, 0.717) is 26.8 Å². The second kappa shape index (κ2) is 7.68. The third kappa shape index (κ3) is 3.64. The van der Waals surface area contributed by atoms with Crippen LogP contribution in [0.4, 0.5) is 0 Å². The Morgan fingerprint density at radius 2 is 1.80 bits per heavy atom. The van der Waals surface area contributed by atoms with Gasteiger partial charge in [0.15, 0.2) is 6.54 Å². The zero-order valence-corrected chi connectivity index (χ0v) is 16.7. The molecule has 0 amide bonds. The number of para-hydroxylation sites is 1. The Balaban J connectivity index is 0.00000225. The molecule has 3 rings (SSSR count). The minimum Gasteiger partial charge on any atom is -1.00 e. The standard InChI is InChI=1S/C18H15Cl2N2O2.BrH/c1-11-21(2)18(24)13-5-3-4-6-16(13)22(11)10-17(23)12-7-8-14(19)15(20)9-12;/h3-9H,10H2,1-2H3;1H/q+1;/p-1. The molecule has 0 atom stereocenters. The largest absolute Gasteiger partial charge is 1.00 e. The van der Waals surface area contributed by atoms with Crippen molar-refractivity contribution in [2.45, 2.75) is 13.5 Å². The van der Waals surface area contributed by atoms with E-state index >= 15 is 0 Å². The van der Waals surface area contributed by atoms with Crippen LogP contribution in [0.15, 0.2) is 47.3 Å². The molecular formula is C18H15BrCl2N2O2. The van der Waals surface area contributed by atoms with Gasteiger partial charge < -0.3 is 17.0 Å². The number of Topliss-reactive ketones (excluding diaryl/α,β-unsaturated/α-hetero) is 1. The Morgan fingerprint density at radius 1 is 1.12 bits per heavy atom. The van der Waals surface area contributed by atoms with E-state index in [1.54, 1.807) is 35.9 Å². The van der Waals surface area contributed by atoms with Gasteiger partial charge in [-0.15, -0.1) is 0 Å². The van der Waals surface area contributed by atoms with E-state index in [4.69, 9.17) is 23.2 Å². The molecule has 0 aliphatic rings. The molecule has 0 fully saturated rings. The number of carbonyl (C=O) groups excluding carboxylic acids is 1. The summed E-state index contributed by atoms with van der Waals surface area (Å²) < 4.78 is 3.38. The fraction of sp³-hybridized carbons (Fsp3) is 0.167. The van der Waals surface area contributed by atoms with Crippen LogP contribution in [0.3, 0.4) is 0 Å². The van der Waals surface area contributed by atoms with Crippen LogP contribution in [0.1, 0.15) is 16.2 Å². The van der Waals surface area contributed by atoms with Crippen LogP contribution in [0.2, 0.25) is 10.0 Å². The minimum absolute atomic E-state index is 0. The van der Waals surface area contributed by atoms with E-state index in [0.717, 1.165) is 5.52 Å². The van der Waals surface area contributed by atoms with Crippen LogP contribution in [0.25, 0.3) is 10.9 Å². The highest BCUT2D eigenvalue weighted by Gasteiger charge is 2.21. The number of hydrogen-bond acceptors (Lipinski definition) is 2. The SMILES string of the molecule is Cc1n(C)c(=O)c2ccccc2[n+]1CC(=O)c1ccc(Cl)c(Cl)c1.[Br-]. The first kappa shape index (κ1) is 19.6. The molecule has 3 aromatic rings. The van der Waals surface area contributed by atoms with Crippen molar-refractivity contribution in [3.05, 3.63) is 74.3 Å². The molecule has 0 saturated heterocycles. The van der Waals surface area contributed by atoms with Crippen molar-refractivity contribution in [1.82, 2.24) is 4.57 Å². The highest BCUT2D eigenvalue weighted by atomic mass is 79.9. The highest BCUT2D eigenvalue weighted by molar-refractivity contribution is 6.42. The second-order valence-corrected chi connectivity index (χ2v) is 6.38. The molecule has 0 bridgehead atoms. The molecule has 0 aliphatic carbocycles. The normalized spacial score (nSPS) is 10.6. The maximum Gasteiger partial charge on any atom is 0.345 e. The minimum atomic E-state index is -0.106. The molecule has 25 heavy (non-hydrogen) atoms. The summed E-state index contributed by atoms with van der Waals surface area (Å²) in [5.41, 5.74) is 1.13. The zero-order valence-electron chi connectivity index (χ0n) is 13.6. The summed E-state index contributed by atoms with van der Waals surface area (Å²) in [7, 11) is 1.70. The van der Waals surface area contributed by atoms with Crippen molar-refractivity contribution in [3.63, 3.8) is 0 Å². The Kier molecular flexibility index (Phi) is 6.03. The first-order valence-electron chi connectivity index (χ1n) is 7.36. The predicted molar refractivity (Wildman–Crippen MR) is 94.9 cm³/mol. The van der Waals surface area contributed by atoms with Gasteiger partial charge in [-0.25, -0.2) is 9.36 Å². The number of nitrogens with zero attached hydrogens (tertiary/aromatic N) is 2. The molecule has 0 spiro atoms. The monoisotopic (exact) mass is 440 g/mol. The smallest absolute Gasteiger partial charge is 0.345 e. The Hall–Kier alpha value is -1.69. The summed E-state index contributed by atoms with van der Waals surface area (Å²) in [5.74, 6) is 0.595. The molecular weight excluding hydrogens is 427 g/mol. The van der Waals surface area contributed by atoms with Gasteiger partial charge in [-0.1, -0.05) is 35.3 Å². The Bertz CT molecular complexity index is 1030. The zero-order chi connectivity index (χ0) is 17.4. The van der Waals surface area contributed by atoms with Crippen molar-refractivity contribution in [3.8, 4) is 0 Å². The Morgan fingerprint density at radius 3 is 2.48 bits per heavy atom. The first-order valence-corrected chi connectivity index (χ1v) is 8.12. The maximum atomic E-state index is 12.7. The molecule has 130 valence electrons. The van der Waals surface area contributed by atoms with Crippen molar-refractivity contribution < 1.29 is 26.3 Å². The van der Waals surface area contributed by atoms with Crippen LogP contribution in [-0.2, 0) is 13.6 Å². The van der Waals surface area contributed by atoms with Gasteiger partial charge in [-0.3, -0.25) is 4.79 Å². The number of ketones is 1. The number of carbonyl (C=O) groups is 1. The van der Waals surface area contributed by atoms with E-state index in [-0.39, 0.29) is 34.9 Å². The van der Waals surface area contributed by atoms with Crippen LogP contribution >= 0.6 is 23.2 Å². The maximum absolute atomic E-state index is 12.7. The fourth-order valence-corrected chi connectivity index (χ4v) is 2.98. The lowest BCUT2D eigenvalue weighted by Crippen LogP contribution is -3.00. The molecule has 0 aliphatic heterocycles. The van der Waals surface area contributed by atoms with Gasteiger partial charge in [0.05, 0.1) is 17.1 Å². The molecule has 7 heteroatoms. The number of fused-ring (bicyclic) bond motifs is 1. The van der Waals surface area contributed by atoms with Crippen molar-refractivity contribution in [2.75, 3.05) is 0 Å². The van der Waals surface area contributed by atoms with Gasteiger partial charge >= 0.3 is 5.56 Å². The van der Waals surface area contributed by atoms with Crippen molar-refractivity contribution in [2.24, 2.45) is 7.05 Å². The van der Waals surface area contributed by atoms with E-state index in [9.17, 15) is 9.59 Å². The lowest BCUT2D eigenvalue weighted by atomic mass is 10.1. The molecule has 2 aromatic carbocycles. The third-order valence-electron chi connectivity index (χ3n) is 4.15. The van der Waals surface area contributed by atoms with Gasteiger partial charge in [0.2, 0.25) is 5.78 Å². The molecule has 4 nitrogen and oxygen atoms in total. The van der Waals surface area contributed by atoms with Gasteiger partial charge in [-0.05, 0) is 30.3 Å². The second-order valence-electron chi connectivity index (χ2n) is 5.57. The summed E-state index contributed by atoms with van der Waals surface area (Å²) >= 11 is 11.9. The van der Waals surface area contributed by atoms with E-state index in [2.05, 4.69) is 0 Å². The first-order chi connectivity index (χ1) is 11.4. The lowest BCUT2D eigenvalue weighted by molar-refractivity contribution is -0.668. The van der Waals surface area contributed by atoms with Gasteiger partial charge in [-0.2, -0.15) is 4.57 Å². The van der Waals surface area contributed by atoms with Crippen molar-refractivity contribution >= 4 is 39.9 Å². The number of benzene rings is 2. The summed E-state index contributed by atoms with van der Waals surface area (Å²) in [6, 6.07) is 12.1. The molecule has 1 aromatic heterocycles. The van der Waals surface area contributed by atoms with Crippen LogP contribution in [-0.4, -0.2) is 10.4 Å². The average Bonchev–Trinajstić information content (AvgIpc) is 2.59. The van der Waals surface area contributed by atoms with Gasteiger partial charge in [0, 0.05) is 12.5 Å². The van der Waals surface area contributed by atoms with E-state index in [1.807, 2.05) is 29.7 Å². The summed E-state index contributed by atoms with van der Waals surface area (Å²) in [6.45, 7) is 1.92. The van der Waals surface area contributed by atoms with E-state index < -0.39 is 0 Å². The Labute approximate surface area is 165 Å². The molecule has 0 saturated carbocycles. The highest BCUT2D eigenvalue weighted by Crippen LogP contribution is 2.22. The number of halogens is 3. The topological polar surface area (TPSA) is 43.0 Å². The fourth-order valence-electron chi connectivity index (χ4n) is 2.68. The molecule has 1 heterocycles. The molecule has 0 radical (unpaired) electrons. The third-order valence-corrected chi connectivity index (χ3v) is 4.89. The molecule has 0 unspecified atom stereocenters. The van der Waals surface area contributed by atoms with E-state index in [1.165, 1.54) is 0 Å². The summed E-state index contributed by atoms with van der Waals surface area (Å²) in [4.78, 5) is 25.0. The average molecular weight is 442 g/mol. The predicted octanol–water partition coefficient (Wildman–Crippen LogP) is 0.328. The van der Waals surface area contributed by atoms with Crippen LogP contribution < -0.4 is 27.1 Å². The van der Waals surface area contributed by atoms with Gasteiger partial charge in [0.1, 0.15) is 10.9 Å². The van der Waals surface area contributed by atoms with Crippen LogP contribution in [0.5, 0.6) is 0 Å². The van der Waals surface area contributed by atoms with Crippen molar-refractivity contribution in [1.29, 1.82) is 0 Å². The lowest BCUT2D eigenvalue weighted by Gasteiger charge is -2.09. The summed E-state index contributed by atoms with van der Waals surface area (Å²) in [6.07, 6.45) is 0. The molecule has 0 N–H and O–H groups in total. The van der Waals surface area contributed by atoms with Gasteiger partial charge in [0.25, 0.3) is 5.82 Å². The number of aromatic nitrogens is 2. The number of hydrogen-bond donors (Lipinski definition) is 0. The summed E-state index contributed by atoms with van der Waals surface area (Å²) in [5, 5.41) is 1.33.